The van der Waals surface area contributed by atoms with E-state index >= 15 is 0 Å². The molecule has 36 heavy (non-hydrogen) atoms. The molecule has 0 aliphatic carbocycles. The van der Waals surface area contributed by atoms with Crippen LogP contribution in [0.25, 0.3) is 5.69 Å². The quantitative estimate of drug-likeness (QED) is 0.398. The Bertz CT molecular complexity index is 1300. The van der Waals surface area contributed by atoms with Crippen molar-refractivity contribution in [3.8, 4) is 11.4 Å². The molecule has 192 valence electrons. The van der Waals surface area contributed by atoms with Gasteiger partial charge in [0, 0.05) is 12.1 Å². The van der Waals surface area contributed by atoms with Gasteiger partial charge in [-0.05, 0) is 56.2 Å². The first-order valence-electron chi connectivity index (χ1n) is 10.9. The molecule has 0 bridgehead atoms. The number of aromatic nitrogens is 2. The van der Waals surface area contributed by atoms with Crippen LogP contribution in [0.15, 0.2) is 36.4 Å². The Labute approximate surface area is 204 Å². The molecule has 1 atom stereocenters. The third-order valence-corrected chi connectivity index (χ3v) is 5.53. The van der Waals surface area contributed by atoms with Gasteiger partial charge in [0.1, 0.15) is 17.3 Å². The number of amides is 2. The highest BCUT2D eigenvalue weighted by atomic mass is 19.4. The summed E-state index contributed by atoms with van der Waals surface area (Å²) in [5, 5.41) is 6.64. The van der Waals surface area contributed by atoms with Crippen LogP contribution >= 0.6 is 0 Å². The molecule has 1 heterocycles. The van der Waals surface area contributed by atoms with E-state index in [-0.39, 0.29) is 30.2 Å². The van der Waals surface area contributed by atoms with Gasteiger partial charge < -0.3 is 21.5 Å². The maximum Gasteiger partial charge on any atom is 0.397 e. The van der Waals surface area contributed by atoms with Gasteiger partial charge in [0.2, 0.25) is 0 Å². The number of halogens is 4. The van der Waals surface area contributed by atoms with Crippen LogP contribution in [0, 0.1) is 12.7 Å². The minimum atomic E-state index is -4.65. The SMILES string of the molecule is CCOc1cc(CNC(=O)c2cc(F)ccc2C)ccc1-n1nc(C(C)C(F)(F)F)c(N)c1C(N)=O. The van der Waals surface area contributed by atoms with Crippen molar-refractivity contribution < 1.29 is 31.9 Å². The monoisotopic (exact) mass is 507 g/mol. The number of anilines is 1. The summed E-state index contributed by atoms with van der Waals surface area (Å²) in [6, 6.07) is 8.43. The Morgan fingerprint density at radius 3 is 2.50 bits per heavy atom. The number of primary amides is 1. The van der Waals surface area contributed by atoms with Gasteiger partial charge in [-0.15, -0.1) is 0 Å². The molecule has 0 saturated carbocycles. The molecule has 0 aliphatic heterocycles. The van der Waals surface area contributed by atoms with Crippen LogP contribution in [0.5, 0.6) is 5.75 Å². The van der Waals surface area contributed by atoms with Gasteiger partial charge in [-0.2, -0.15) is 18.3 Å². The molecule has 0 radical (unpaired) electrons. The molecule has 1 unspecified atom stereocenters. The van der Waals surface area contributed by atoms with Gasteiger partial charge in [0.15, 0.2) is 5.69 Å². The Morgan fingerprint density at radius 2 is 1.89 bits per heavy atom. The second-order valence-electron chi connectivity index (χ2n) is 8.06. The summed E-state index contributed by atoms with van der Waals surface area (Å²) in [4.78, 5) is 24.6. The van der Waals surface area contributed by atoms with Crippen LogP contribution in [0.3, 0.4) is 0 Å². The molecule has 0 spiro atoms. The van der Waals surface area contributed by atoms with Gasteiger partial charge in [0.25, 0.3) is 11.8 Å². The summed E-state index contributed by atoms with van der Waals surface area (Å²) in [6.45, 7) is 4.46. The van der Waals surface area contributed by atoms with Crippen molar-refractivity contribution in [1.29, 1.82) is 0 Å². The fourth-order valence-corrected chi connectivity index (χ4v) is 3.56. The van der Waals surface area contributed by atoms with E-state index < -0.39 is 46.8 Å². The van der Waals surface area contributed by atoms with Crippen LogP contribution in [0.2, 0.25) is 0 Å². The predicted octanol–water partition coefficient (Wildman–Crippen LogP) is 4.00. The van der Waals surface area contributed by atoms with Crippen molar-refractivity contribution in [2.45, 2.75) is 39.4 Å². The molecule has 0 aliphatic rings. The summed E-state index contributed by atoms with van der Waals surface area (Å²) < 4.78 is 60.1. The van der Waals surface area contributed by atoms with Crippen molar-refractivity contribution in [2.75, 3.05) is 12.3 Å². The average molecular weight is 507 g/mol. The highest BCUT2D eigenvalue weighted by Crippen LogP contribution is 2.38. The number of nitrogens with zero attached hydrogens (tertiary/aromatic N) is 2. The van der Waals surface area contributed by atoms with Gasteiger partial charge in [-0.25, -0.2) is 9.07 Å². The number of nitrogen functional groups attached to an aromatic ring is 1. The Balaban J connectivity index is 1.97. The van der Waals surface area contributed by atoms with Crippen LogP contribution < -0.4 is 21.5 Å². The molecule has 2 aromatic carbocycles. The van der Waals surface area contributed by atoms with E-state index in [0.717, 1.165) is 17.7 Å². The van der Waals surface area contributed by atoms with E-state index in [1.165, 1.54) is 24.3 Å². The Morgan fingerprint density at radius 1 is 1.19 bits per heavy atom. The largest absolute Gasteiger partial charge is 0.492 e. The first-order valence-corrected chi connectivity index (χ1v) is 10.9. The summed E-state index contributed by atoms with van der Waals surface area (Å²) in [5.74, 6) is -3.98. The van der Waals surface area contributed by atoms with Gasteiger partial charge in [-0.1, -0.05) is 12.1 Å². The first-order chi connectivity index (χ1) is 16.8. The molecule has 12 heteroatoms. The lowest BCUT2D eigenvalue weighted by Crippen LogP contribution is -2.24. The van der Waals surface area contributed by atoms with Crippen LogP contribution in [-0.2, 0) is 6.54 Å². The van der Waals surface area contributed by atoms with E-state index in [4.69, 9.17) is 16.2 Å². The molecule has 5 N–H and O–H groups in total. The number of carbonyl (C=O) groups is 2. The molecular weight excluding hydrogens is 482 g/mol. The number of benzene rings is 2. The molecular formula is C24H25F4N5O3. The molecule has 3 aromatic rings. The zero-order valence-corrected chi connectivity index (χ0v) is 19.7. The normalized spacial score (nSPS) is 12.3. The van der Waals surface area contributed by atoms with Crippen LogP contribution in [0.1, 0.15) is 57.4 Å². The maximum absolute atomic E-state index is 13.5. The highest BCUT2D eigenvalue weighted by molar-refractivity contribution is 5.97. The molecule has 2 amide bonds. The van der Waals surface area contributed by atoms with Crippen molar-refractivity contribution in [1.82, 2.24) is 15.1 Å². The number of nitrogens with two attached hydrogens (primary N) is 2. The summed E-state index contributed by atoms with van der Waals surface area (Å²) in [7, 11) is 0. The number of hydrogen-bond donors (Lipinski definition) is 3. The van der Waals surface area contributed by atoms with Crippen molar-refractivity contribution in [3.05, 3.63) is 70.3 Å². The summed E-state index contributed by atoms with van der Waals surface area (Å²) >= 11 is 0. The second kappa shape index (κ2) is 10.3. The minimum absolute atomic E-state index is 0.0371. The van der Waals surface area contributed by atoms with E-state index in [1.807, 2.05) is 0 Å². The third kappa shape index (κ3) is 5.42. The minimum Gasteiger partial charge on any atom is -0.492 e. The number of rotatable bonds is 8. The fraction of sp³-hybridized carbons (Fsp3) is 0.292. The lowest BCUT2D eigenvalue weighted by Gasteiger charge is -2.15. The van der Waals surface area contributed by atoms with Crippen LogP contribution in [-0.4, -0.2) is 34.4 Å². The van der Waals surface area contributed by atoms with Crippen molar-refractivity contribution in [3.63, 3.8) is 0 Å². The molecule has 3 rings (SSSR count). The lowest BCUT2D eigenvalue weighted by atomic mass is 10.1. The fourth-order valence-electron chi connectivity index (χ4n) is 3.56. The average Bonchev–Trinajstić information content (AvgIpc) is 3.15. The summed E-state index contributed by atoms with van der Waals surface area (Å²) in [5.41, 5.74) is 11.3. The number of carbonyl (C=O) groups excluding carboxylic acids is 2. The first kappa shape index (κ1) is 26.5. The summed E-state index contributed by atoms with van der Waals surface area (Å²) in [6.07, 6.45) is -4.65. The number of ether oxygens (including phenoxy) is 1. The second-order valence-corrected chi connectivity index (χ2v) is 8.06. The topological polar surface area (TPSA) is 125 Å². The smallest absolute Gasteiger partial charge is 0.397 e. The molecule has 1 aromatic heterocycles. The molecule has 8 nitrogen and oxygen atoms in total. The third-order valence-electron chi connectivity index (χ3n) is 5.53. The van der Waals surface area contributed by atoms with Gasteiger partial charge >= 0.3 is 6.18 Å². The Kier molecular flexibility index (Phi) is 7.56. The maximum atomic E-state index is 13.5. The zero-order valence-electron chi connectivity index (χ0n) is 19.7. The molecule has 0 saturated heterocycles. The van der Waals surface area contributed by atoms with E-state index in [9.17, 15) is 27.2 Å². The number of alkyl halides is 3. The van der Waals surface area contributed by atoms with E-state index in [0.29, 0.717) is 11.1 Å². The van der Waals surface area contributed by atoms with Gasteiger partial charge in [-0.3, -0.25) is 9.59 Å². The van der Waals surface area contributed by atoms with Crippen LogP contribution in [0.4, 0.5) is 23.2 Å². The Hall–Kier alpha value is -4.09. The van der Waals surface area contributed by atoms with Crippen molar-refractivity contribution in [2.24, 2.45) is 5.73 Å². The lowest BCUT2D eigenvalue weighted by molar-refractivity contribution is -0.147. The van der Waals surface area contributed by atoms with E-state index in [2.05, 4.69) is 10.4 Å². The number of aryl methyl sites for hydroxylation is 1. The number of hydrogen-bond acceptors (Lipinski definition) is 5. The predicted molar refractivity (Wildman–Crippen MR) is 124 cm³/mol. The molecule has 0 fully saturated rings. The standard InChI is InChI=1S/C24H25F4N5O3/c1-4-36-18-9-14(11-31-23(35)16-10-15(25)7-5-12(16)2)6-8-17(18)33-21(22(30)34)19(29)20(32-33)13(3)24(26,27)28/h5-10,13H,4,11,29H2,1-3H3,(H2,30,34)(H,31,35). The van der Waals surface area contributed by atoms with Crippen molar-refractivity contribution >= 4 is 17.5 Å². The van der Waals surface area contributed by atoms with Gasteiger partial charge in [0.05, 0.1) is 23.9 Å². The highest BCUT2D eigenvalue weighted by Gasteiger charge is 2.41. The zero-order chi connectivity index (χ0) is 26.8. The number of nitrogens with one attached hydrogen (secondary N) is 1. The van der Waals surface area contributed by atoms with E-state index in [1.54, 1.807) is 19.9 Å².